The largest absolute Gasteiger partial charge is 0.388 e. The van der Waals surface area contributed by atoms with Crippen molar-refractivity contribution in [1.82, 2.24) is 9.13 Å². The topological polar surface area (TPSA) is 56.0 Å². The molecule has 0 radical (unpaired) electrons. The molecule has 5 nitrogen and oxygen atoms in total. The van der Waals surface area contributed by atoms with Crippen LogP contribution in [0.25, 0.3) is 10.9 Å². The Kier molecular flexibility index (Phi) is 2.30. The first-order chi connectivity index (χ1) is 7.56. The Morgan fingerprint density at radius 3 is 2.44 bits per heavy atom. The van der Waals surface area contributed by atoms with E-state index in [1.165, 1.54) is 11.6 Å². The standard InChI is InChI=1S/C11H13N3O2/c1-12-7-4-5-9-8(6-7)10(15)14(3)11(16)13(9)2/h4-6,12H,1-3H3. The molecule has 84 valence electrons. The molecule has 16 heavy (non-hydrogen) atoms. The summed E-state index contributed by atoms with van der Waals surface area (Å²) in [7, 11) is 4.92. The smallest absolute Gasteiger partial charge is 0.330 e. The number of hydrogen-bond acceptors (Lipinski definition) is 3. The molecule has 1 aromatic heterocycles. The van der Waals surface area contributed by atoms with E-state index < -0.39 is 0 Å². The van der Waals surface area contributed by atoms with E-state index in [4.69, 9.17) is 0 Å². The minimum atomic E-state index is -0.310. The maximum atomic E-state index is 11.9. The number of nitrogens with zero attached hydrogens (tertiary/aromatic N) is 2. The van der Waals surface area contributed by atoms with Crippen molar-refractivity contribution in [3.63, 3.8) is 0 Å². The van der Waals surface area contributed by atoms with Crippen molar-refractivity contribution in [2.24, 2.45) is 14.1 Å². The highest BCUT2D eigenvalue weighted by Crippen LogP contribution is 2.13. The van der Waals surface area contributed by atoms with Crippen LogP contribution >= 0.6 is 0 Å². The van der Waals surface area contributed by atoms with Gasteiger partial charge in [0.1, 0.15) is 0 Å². The van der Waals surface area contributed by atoms with E-state index >= 15 is 0 Å². The Balaban J connectivity index is 3.03. The molecular weight excluding hydrogens is 206 g/mol. The second-order valence-electron chi connectivity index (χ2n) is 3.69. The molecule has 0 atom stereocenters. The average Bonchev–Trinajstić information content (AvgIpc) is 2.33. The van der Waals surface area contributed by atoms with Crippen molar-refractivity contribution >= 4 is 16.6 Å². The van der Waals surface area contributed by atoms with Gasteiger partial charge in [-0.1, -0.05) is 0 Å². The molecule has 2 rings (SSSR count). The van der Waals surface area contributed by atoms with E-state index in [0.29, 0.717) is 10.9 Å². The highest BCUT2D eigenvalue weighted by molar-refractivity contribution is 5.81. The van der Waals surface area contributed by atoms with E-state index in [-0.39, 0.29) is 11.2 Å². The number of benzene rings is 1. The molecule has 0 saturated carbocycles. The van der Waals surface area contributed by atoms with Crippen LogP contribution in [-0.2, 0) is 14.1 Å². The molecule has 0 spiro atoms. The lowest BCUT2D eigenvalue weighted by Gasteiger charge is -2.08. The van der Waals surface area contributed by atoms with Gasteiger partial charge < -0.3 is 5.32 Å². The number of fused-ring (bicyclic) bond motifs is 1. The minimum Gasteiger partial charge on any atom is -0.388 e. The first-order valence-corrected chi connectivity index (χ1v) is 4.94. The van der Waals surface area contributed by atoms with E-state index in [0.717, 1.165) is 10.3 Å². The van der Waals surface area contributed by atoms with Gasteiger partial charge in [-0.15, -0.1) is 0 Å². The fraction of sp³-hybridized carbons (Fsp3) is 0.273. The van der Waals surface area contributed by atoms with Crippen LogP contribution < -0.4 is 16.6 Å². The molecule has 0 aliphatic rings. The van der Waals surface area contributed by atoms with Gasteiger partial charge in [0.25, 0.3) is 5.56 Å². The Morgan fingerprint density at radius 1 is 1.12 bits per heavy atom. The normalized spacial score (nSPS) is 10.7. The number of aryl methyl sites for hydroxylation is 1. The molecule has 0 saturated heterocycles. The highest BCUT2D eigenvalue weighted by atomic mass is 16.2. The molecule has 1 N–H and O–H groups in total. The van der Waals surface area contributed by atoms with Gasteiger partial charge in [0.05, 0.1) is 10.9 Å². The second kappa shape index (κ2) is 3.52. The molecule has 1 aromatic carbocycles. The first kappa shape index (κ1) is 10.5. The number of nitrogens with one attached hydrogen (secondary N) is 1. The number of aromatic nitrogens is 2. The van der Waals surface area contributed by atoms with Crippen LogP contribution in [0, 0.1) is 0 Å². The highest BCUT2D eigenvalue weighted by Gasteiger charge is 2.07. The molecule has 0 aliphatic heterocycles. The lowest BCUT2D eigenvalue weighted by molar-refractivity contribution is 0.713. The third kappa shape index (κ3) is 1.32. The van der Waals surface area contributed by atoms with Gasteiger partial charge in [-0.3, -0.25) is 13.9 Å². The summed E-state index contributed by atoms with van der Waals surface area (Å²) in [4.78, 5) is 23.6. The molecule has 0 aliphatic carbocycles. The van der Waals surface area contributed by atoms with Crippen LogP contribution in [0.1, 0.15) is 0 Å². The van der Waals surface area contributed by atoms with Crippen molar-refractivity contribution in [1.29, 1.82) is 0 Å². The third-order valence-corrected chi connectivity index (χ3v) is 2.76. The van der Waals surface area contributed by atoms with Crippen LogP contribution in [0.4, 0.5) is 5.69 Å². The van der Waals surface area contributed by atoms with Gasteiger partial charge >= 0.3 is 5.69 Å². The Bertz CT molecular complexity index is 667. The molecule has 1 heterocycles. The van der Waals surface area contributed by atoms with Crippen molar-refractivity contribution in [3.05, 3.63) is 39.0 Å². The number of hydrogen-bond donors (Lipinski definition) is 1. The fourth-order valence-electron chi connectivity index (χ4n) is 1.75. The Morgan fingerprint density at radius 2 is 1.81 bits per heavy atom. The minimum absolute atomic E-state index is 0.268. The number of anilines is 1. The van der Waals surface area contributed by atoms with E-state index in [1.54, 1.807) is 26.2 Å². The first-order valence-electron chi connectivity index (χ1n) is 4.94. The van der Waals surface area contributed by atoms with Crippen molar-refractivity contribution < 1.29 is 0 Å². The van der Waals surface area contributed by atoms with E-state index in [2.05, 4.69) is 5.32 Å². The van der Waals surface area contributed by atoms with Crippen molar-refractivity contribution in [2.75, 3.05) is 12.4 Å². The Hall–Kier alpha value is -2.04. The zero-order valence-corrected chi connectivity index (χ0v) is 9.44. The summed E-state index contributed by atoms with van der Waals surface area (Å²) in [5.41, 5.74) is 0.917. The maximum absolute atomic E-state index is 11.9. The zero-order valence-electron chi connectivity index (χ0n) is 9.44. The molecule has 5 heteroatoms. The quantitative estimate of drug-likeness (QED) is 0.749. The maximum Gasteiger partial charge on any atom is 0.330 e. The SMILES string of the molecule is CNc1ccc2c(c1)c(=O)n(C)c(=O)n2C. The lowest BCUT2D eigenvalue weighted by atomic mass is 10.2. The monoisotopic (exact) mass is 219 g/mol. The van der Waals surface area contributed by atoms with E-state index in [1.807, 2.05) is 6.07 Å². The summed E-state index contributed by atoms with van der Waals surface area (Å²) >= 11 is 0. The molecule has 0 unspecified atom stereocenters. The third-order valence-electron chi connectivity index (χ3n) is 2.76. The molecule has 0 bridgehead atoms. The molecule has 0 amide bonds. The second-order valence-corrected chi connectivity index (χ2v) is 3.69. The Labute approximate surface area is 91.9 Å². The predicted molar refractivity (Wildman–Crippen MR) is 64.0 cm³/mol. The van der Waals surface area contributed by atoms with Crippen molar-refractivity contribution in [3.8, 4) is 0 Å². The van der Waals surface area contributed by atoms with E-state index in [9.17, 15) is 9.59 Å². The van der Waals surface area contributed by atoms with Gasteiger partial charge in [0, 0.05) is 26.8 Å². The summed E-state index contributed by atoms with van der Waals surface area (Å²) in [6.45, 7) is 0. The van der Waals surface area contributed by atoms with Gasteiger partial charge in [0.2, 0.25) is 0 Å². The van der Waals surface area contributed by atoms with Crippen LogP contribution in [0.15, 0.2) is 27.8 Å². The molecule has 2 aromatic rings. The van der Waals surface area contributed by atoms with Gasteiger partial charge in [-0.25, -0.2) is 4.79 Å². The van der Waals surface area contributed by atoms with Crippen LogP contribution in [0.3, 0.4) is 0 Å². The zero-order chi connectivity index (χ0) is 11.9. The molecular formula is C11H13N3O2. The van der Waals surface area contributed by atoms with Crippen LogP contribution in [-0.4, -0.2) is 16.2 Å². The van der Waals surface area contributed by atoms with Gasteiger partial charge in [-0.2, -0.15) is 0 Å². The van der Waals surface area contributed by atoms with Crippen LogP contribution in [0.5, 0.6) is 0 Å². The summed E-state index contributed by atoms with van der Waals surface area (Å²) in [6.07, 6.45) is 0. The summed E-state index contributed by atoms with van der Waals surface area (Å²) in [5, 5.41) is 3.50. The summed E-state index contributed by atoms with van der Waals surface area (Å²) in [5.74, 6) is 0. The van der Waals surface area contributed by atoms with Crippen LogP contribution in [0.2, 0.25) is 0 Å². The van der Waals surface area contributed by atoms with Gasteiger partial charge in [0.15, 0.2) is 0 Å². The fourth-order valence-corrected chi connectivity index (χ4v) is 1.75. The van der Waals surface area contributed by atoms with Gasteiger partial charge in [-0.05, 0) is 18.2 Å². The average molecular weight is 219 g/mol. The summed E-state index contributed by atoms with van der Waals surface area (Å²) in [6, 6.07) is 5.35. The summed E-state index contributed by atoms with van der Waals surface area (Å²) < 4.78 is 2.58. The molecule has 0 fully saturated rings. The number of rotatable bonds is 1. The predicted octanol–water partition coefficient (Wildman–Crippen LogP) is 0.279. The lowest BCUT2D eigenvalue weighted by Crippen LogP contribution is -2.36. The van der Waals surface area contributed by atoms with Crippen molar-refractivity contribution in [2.45, 2.75) is 0 Å².